The Kier molecular flexibility index (Phi) is 4.17. The molecule has 0 saturated carbocycles. The van der Waals surface area contributed by atoms with Crippen molar-refractivity contribution in [1.82, 2.24) is 4.90 Å². The number of nitrogens with two attached hydrogens (primary N) is 1. The van der Waals surface area contributed by atoms with Gasteiger partial charge >= 0.3 is 0 Å². The maximum atomic E-state index is 12.3. The number of benzene rings is 1. The fourth-order valence-electron chi connectivity index (χ4n) is 1.86. The van der Waals surface area contributed by atoms with Crippen molar-refractivity contribution < 1.29 is 4.79 Å². The predicted octanol–water partition coefficient (Wildman–Crippen LogP) is 2.90. The van der Waals surface area contributed by atoms with Crippen molar-refractivity contribution in [2.75, 3.05) is 13.6 Å². The van der Waals surface area contributed by atoms with Crippen LogP contribution >= 0.6 is 23.6 Å². The number of thiophene rings is 1. The Bertz CT molecular complexity index is 588. The first-order valence-electron chi connectivity index (χ1n) is 6.02. The molecule has 3 nitrogen and oxygen atoms in total. The van der Waals surface area contributed by atoms with E-state index >= 15 is 0 Å². The summed E-state index contributed by atoms with van der Waals surface area (Å²) in [6.45, 7) is 2.47. The largest absolute Gasteiger partial charge is 0.393 e. The van der Waals surface area contributed by atoms with Gasteiger partial charge in [-0.15, -0.1) is 11.3 Å². The van der Waals surface area contributed by atoms with Gasteiger partial charge in [0.2, 0.25) is 0 Å². The number of hydrogen-bond donors (Lipinski definition) is 1. The first kappa shape index (κ1) is 14.0. The highest BCUT2D eigenvalue weighted by atomic mass is 32.1. The predicted molar refractivity (Wildman–Crippen MR) is 84.7 cm³/mol. The summed E-state index contributed by atoms with van der Waals surface area (Å²) in [5, 5.41) is 1.10. The third kappa shape index (κ3) is 3.11. The lowest BCUT2D eigenvalue weighted by atomic mass is 10.1. The van der Waals surface area contributed by atoms with Crippen LogP contribution in [0, 0.1) is 5.92 Å². The molecule has 2 rings (SSSR count). The molecule has 0 bridgehead atoms. The van der Waals surface area contributed by atoms with Crippen molar-refractivity contribution in [3.63, 3.8) is 0 Å². The summed E-state index contributed by atoms with van der Waals surface area (Å²) in [5.74, 6) is 0.0441. The third-order valence-electron chi connectivity index (χ3n) is 3.02. The topological polar surface area (TPSA) is 46.3 Å². The van der Waals surface area contributed by atoms with Gasteiger partial charge < -0.3 is 10.6 Å². The smallest absolute Gasteiger partial charge is 0.263 e. The van der Waals surface area contributed by atoms with Gasteiger partial charge in [0, 0.05) is 24.2 Å². The molecule has 0 aliphatic rings. The number of nitrogens with zero attached hydrogens (tertiary/aromatic N) is 1. The number of thiocarbonyl (C=S) groups is 1. The summed E-state index contributed by atoms with van der Waals surface area (Å²) in [5.41, 5.74) is 5.58. The molecule has 1 aromatic carbocycles. The molecule has 2 N–H and O–H groups in total. The second kappa shape index (κ2) is 5.67. The molecule has 100 valence electrons. The van der Waals surface area contributed by atoms with Gasteiger partial charge in [-0.25, -0.2) is 0 Å². The molecule has 5 heteroatoms. The monoisotopic (exact) mass is 292 g/mol. The Morgan fingerprint density at radius 3 is 2.79 bits per heavy atom. The first-order chi connectivity index (χ1) is 8.99. The van der Waals surface area contributed by atoms with Gasteiger partial charge in [0.05, 0.1) is 9.87 Å². The van der Waals surface area contributed by atoms with Crippen LogP contribution in [0.1, 0.15) is 16.6 Å². The molecule has 1 unspecified atom stereocenters. The molecule has 2 aromatic rings. The Morgan fingerprint density at radius 2 is 2.16 bits per heavy atom. The zero-order valence-electron chi connectivity index (χ0n) is 10.9. The van der Waals surface area contributed by atoms with Gasteiger partial charge in [0.15, 0.2) is 0 Å². The number of hydrogen-bond acceptors (Lipinski definition) is 3. The Balaban J connectivity index is 2.16. The van der Waals surface area contributed by atoms with E-state index < -0.39 is 0 Å². The standard InChI is InChI=1S/C14H16N2OS2/c1-9(13(15)18)8-16(2)14(17)12-7-10-5-3-4-6-11(10)19-12/h3-7,9H,8H2,1-2H3,(H2,15,18). The lowest BCUT2D eigenvalue weighted by Crippen LogP contribution is -2.35. The summed E-state index contributed by atoms with van der Waals surface area (Å²) in [4.78, 5) is 15.2. The van der Waals surface area contributed by atoms with E-state index in [1.165, 1.54) is 11.3 Å². The minimum absolute atomic E-state index is 0.0179. The summed E-state index contributed by atoms with van der Waals surface area (Å²) >= 11 is 6.45. The Hall–Kier alpha value is -1.46. The lowest BCUT2D eigenvalue weighted by molar-refractivity contribution is 0.0792. The van der Waals surface area contributed by atoms with Crippen LogP contribution in [-0.4, -0.2) is 29.4 Å². The van der Waals surface area contributed by atoms with Crippen LogP contribution in [0.2, 0.25) is 0 Å². The summed E-state index contributed by atoms with van der Waals surface area (Å²) < 4.78 is 1.13. The Morgan fingerprint density at radius 1 is 1.47 bits per heavy atom. The molecule has 1 aromatic heterocycles. The van der Waals surface area contributed by atoms with Crippen molar-refractivity contribution >= 4 is 44.5 Å². The van der Waals surface area contributed by atoms with Crippen LogP contribution < -0.4 is 5.73 Å². The number of carbonyl (C=O) groups is 1. The van der Waals surface area contributed by atoms with E-state index in [0.29, 0.717) is 11.5 Å². The maximum absolute atomic E-state index is 12.3. The molecular formula is C14H16N2OS2. The molecule has 0 fully saturated rings. The number of carbonyl (C=O) groups excluding carboxylic acids is 1. The highest BCUT2D eigenvalue weighted by Crippen LogP contribution is 2.26. The van der Waals surface area contributed by atoms with Crippen molar-refractivity contribution in [3.05, 3.63) is 35.2 Å². The molecular weight excluding hydrogens is 276 g/mol. The molecule has 0 spiro atoms. The zero-order valence-corrected chi connectivity index (χ0v) is 12.6. The highest BCUT2D eigenvalue weighted by Gasteiger charge is 2.17. The van der Waals surface area contributed by atoms with E-state index in [4.69, 9.17) is 18.0 Å². The van der Waals surface area contributed by atoms with Crippen LogP contribution in [0.5, 0.6) is 0 Å². The van der Waals surface area contributed by atoms with Crippen LogP contribution in [0.4, 0.5) is 0 Å². The third-order valence-corrected chi connectivity index (χ3v) is 4.52. The highest BCUT2D eigenvalue weighted by molar-refractivity contribution is 7.80. The van der Waals surface area contributed by atoms with Gasteiger partial charge in [-0.2, -0.15) is 0 Å². The van der Waals surface area contributed by atoms with E-state index in [0.717, 1.165) is 15.0 Å². The zero-order chi connectivity index (χ0) is 14.0. The van der Waals surface area contributed by atoms with Crippen LogP contribution in [-0.2, 0) is 0 Å². The van der Waals surface area contributed by atoms with E-state index in [1.54, 1.807) is 11.9 Å². The summed E-state index contributed by atoms with van der Waals surface area (Å²) in [7, 11) is 1.78. The lowest BCUT2D eigenvalue weighted by Gasteiger charge is -2.20. The SMILES string of the molecule is CC(CN(C)C(=O)c1cc2ccccc2s1)C(N)=S. The second-order valence-electron chi connectivity index (χ2n) is 4.64. The summed E-state index contributed by atoms with van der Waals surface area (Å²) in [6, 6.07) is 9.92. The molecule has 1 heterocycles. The summed E-state index contributed by atoms with van der Waals surface area (Å²) in [6.07, 6.45) is 0. The average Bonchev–Trinajstić information content (AvgIpc) is 2.81. The molecule has 1 atom stereocenters. The van der Waals surface area contributed by atoms with Crippen molar-refractivity contribution in [2.45, 2.75) is 6.92 Å². The quantitative estimate of drug-likeness (QED) is 0.881. The number of rotatable bonds is 4. The van der Waals surface area contributed by atoms with Crippen LogP contribution in [0.3, 0.4) is 0 Å². The number of fused-ring (bicyclic) bond motifs is 1. The first-order valence-corrected chi connectivity index (χ1v) is 7.25. The van der Waals surface area contributed by atoms with Crippen LogP contribution in [0.25, 0.3) is 10.1 Å². The van der Waals surface area contributed by atoms with E-state index in [-0.39, 0.29) is 11.8 Å². The minimum Gasteiger partial charge on any atom is -0.393 e. The molecule has 0 radical (unpaired) electrons. The van der Waals surface area contributed by atoms with Crippen molar-refractivity contribution in [1.29, 1.82) is 0 Å². The van der Waals surface area contributed by atoms with Gasteiger partial charge in [0.25, 0.3) is 5.91 Å². The van der Waals surface area contributed by atoms with Gasteiger partial charge in [0.1, 0.15) is 0 Å². The molecule has 0 aliphatic carbocycles. The van der Waals surface area contributed by atoms with E-state index in [9.17, 15) is 4.79 Å². The fourth-order valence-corrected chi connectivity index (χ4v) is 2.99. The molecule has 19 heavy (non-hydrogen) atoms. The number of amides is 1. The van der Waals surface area contributed by atoms with E-state index in [2.05, 4.69) is 0 Å². The van der Waals surface area contributed by atoms with Crippen molar-refractivity contribution in [2.24, 2.45) is 11.7 Å². The normalized spacial score (nSPS) is 12.3. The molecule has 1 amide bonds. The van der Waals surface area contributed by atoms with E-state index in [1.807, 2.05) is 37.3 Å². The molecule has 0 saturated heterocycles. The van der Waals surface area contributed by atoms with Crippen molar-refractivity contribution in [3.8, 4) is 0 Å². The maximum Gasteiger partial charge on any atom is 0.263 e. The second-order valence-corrected chi connectivity index (χ2v) is 6.19. The van der Waals surface area contributed by atoms with Crippen LogP contribution in [0.15, 0.2) is 30.3 Å². The fraction of sp³-hybridized carbons (Fsp3) is 0.286. The van der Waals surface area contributed by atoms with Gasteiger partial charge in [-0.05, 0) is 17.5 Å². The van der Waals surface area contributed by atoms with Gasteiger partial charge in [-0.1, -0.05) is 37.3 Å². The Labute approximate surface area is 122 Å². The minimum atomic E-state index is 0.0179. The average molecular weight is 292 g/mol. The molecule has 0 aliphatic heterocycles. The van der Waals surface area contributed by atoms with Gasteiger partial charge in [-0.3, -0.25) is 4.79 Å².